The highest BCUT2D eigenvalue weighted by molar-refractivity contribution is 5.96. The topological polar surface area (TPSA) is 110 Å². The maximum atomic E-state index is 12.0. The minimum absolute atomic E-state index is 0.00933. The Morgan fingerprint density at radius 1 is 1.24 bits per heavy atom. The summed E-state index contributed by atoms with van der Waals surface area (Å²) in [5, 5.41) is 36.5. The van der Waals surface area contributed by atoms with Crippen molar-refractivity contribution >= 4 is 17.2 Å². The van der Waals surface area contributed by atoms with Crippen molar-refractivity contribution in [1.82, 2.24) is 0 Å². The molecule has 7 nitrogen and oxygen atoms in total. The molecule has 0 radical (unpaired) electrons. The summed E-state index contributed by atoms with van der Waals surface area (Å²) < 4.78 is 0. The minimum Gasteiger partial charge on any atom is -0.595 e. The van der Waals surface area contributed by atoms with Gasteiger partial charge in [0, 0.05) is 18.9 Å². The quantitative estimate of drug-likeness (QED) is 0.586. The van der Waals surface area contributed by atoms with Gasteiger partial charge in [0.05, 0.1) is 0 Å². The highest BCUT2D eigenvalue weighted by atomic mass is 16.8. The van der Waals surface area contributed by atoms with E-state index in [2.05, 4.69) is 10.2 Å². The van der Waals surface area contributed by atoms with Gasteiger partial charge in [-0.1, -0.05) is 26.0 Å². The SMILES string of the molecule is CC1(C)CC(=O)C(N=Nc2ccccc2[NH+]([O-])O)=C(O)C1. The molecular weight excluding hydrogens is 274 g/mol. The fourth-order valence-electron chi connectivity index (χ4n) is 2.24. The van der Waals surface area contributed by atoms with Crippen molar-refractivity contribution in [2.45, 2.75) is 26.7 Å². The summed E-state index contributed by atoms with van der Waals surface area (Å²) in [4.78, 5) is 12.0. The zero-order valence-corrected chi connectivity index (χ0v) is 11.8. The molecule has 0 bridgehead atoms. The molecule has 0 saturated heterocycles. The summed E-state index contributed by atoms with van der Waals surface area (Å²) in [6.45, 7) is 3.77. The van der Waals surface area contributed by atoms with Crippen LogP contribution in [0.2, 0.25) is 0 Å². The number of aliphatic hydroxyl groups excluding tert-OH is 1. The van der Waals surface area contributed by atoms with Crippen molar-refractivity contribution in [3.8, 4) is 0 Å². The number of carbonyl (C=O) groups is 1. The average molecular weight is 291 g/mol. The van der Waals surface area contributed by atoms with Crippen molar-refractivity contribution in [3.05, 3.63) is 40.9 Å². The predicted octanol–water partition coefficient (Wildman–Crippen LogP) is 2.33. The molecule has 21 heavy (non-hydrogen) atoms. The lowest BCUT2D eigenvalue weighted by molar-refractivity contribution is -0.990. The Kier molecular flexibility index (Phi) is 4.17. The van der Waals surface area contributed by atoms with Gasteiger partial charge in [-0.15, -0.1) is 10.2 Å². The van der Waals surface area contributed by atoms with Crippen LogP contribution in [0.15, 0.2) is 46.0 Å². The van der Waals surface area contributed by atoms with Crippen LogP contribution in [0.3, 0.4) is 0 Å². The first-order valence-corrected chi connectivity index (χ1v) is 6.49. The fourth-order valence-corrected chi connectivity index (χ4v) is 2.24. The zero-order valence-electron chi connectivity index (χ0n) is 11.8. The third kappa shape index (κ3) is 3.52. The normalized spacial score (nSPS) is 20.1. The van der Waals surface area contributed by atoms with Gasteiger partial charge in [-0.3, -0.25) is 4.79 Å². The molecule has 0 aromatic heterocycles. The number of ketones is 1. The molecule has 3 N–H and O–H groups in total. The molecule has 0 fully saturated rings. The summed E-state index contributed by atoms with van der Waals surface area (Å²) >= 11 is 0. The zero-order chi connectivity index (χ0) is 15.6. The fraction of sp³-hybridized carbons (Fsp3) is 0.357. The van der Waals surface area contributed by atoms with E-state index in [1.54, 1.807) is 12.1 Å². The summed E-state index contributed by atoms with van der Waals surface area (Å²) in [6.07, 6.45) is 0.611. The Labute approximate surface area is 121 Å². The van der Waals surface area contributed by atoms with Crippen LogP contribution in [-0.2, 0) is 4.79 Å². The van der Waals surface area contributed by atoms with E-state index in [-0.39, 0.29) is 40.5 Å². The first-order chi connectivity index (χ1) is 9.80. The van der Waals surface area contributed by atoms with Gasteiger partial charge in [-0.2, -0.15) is 5.23 Å². The Balaban J connectivity index is 2.32. The Bertz CT molecular complexity index is 620. The van der Waals surface area contributed by atoms with Crippen molar-refractivity contribution < 1.29 is 20.3 Å². The third-order valence-electron chi connectivity index (χ3n) is 3.21. The van der Waals surface area contributed by atoms with Crippen LogP contribution >= 0.6 is 0 Å². The number of nitrogens with one attached hydrogen (secondary N) is 1. The number of benzene rings is 1. The lowest BCUT2D eigenvalue weighted by Crippen LogP contribution is -2.99. The van der Waals surface area contributed by atoms with Gasteiger partial charge < -0.3 is 10.3 Å². The first kappa shape index (κ1) is 15.3. The monoisotopic (exact) mass is 291 g/mol. The minimum atomic E-state index is -1.13. The third-order valence-corrected chi connectivity index (χ3v) is 3.21. The molecule has 0 amide bonds. The van der Waals surface area contributed by atoms with Crippen LogP contribution in [0.5, 0.6) is 0 Å². The number of allylic oxidation sites excluding steroid dienone is 2. The van der Waals surface area contributed by atoms with Crippen molar-refractivity contribution in [3.63, 3.8) is 0 Å². The second-order valence-electron chi connectivity index (χ2n) is 5.76. The van der Waals surface area contributed by atoms with E-state index < -0.39 is 5.23 Å². The van der Waals surface area contributed by atoms with Gasteiger partial charge in [0.15, 0.2) is 17.2 Å². The molecule has 0 aliphatic heterocycles. The lowest BCUT2D eigenvalue weighted by atomic mass is 9.78. The van der Waals surface area contributed by atoms with E-state index in [0.717, 1.165) is 0 Å². The Morgan fingerprint density at radius 3 is 2.52 bits per heavy atom. The summed E-state index contributed by atoms with van der Waals surface area (Å²) in [6, 6.07) is 6.09. The number of Topliss-reactive ketones (excluding diaryl/α,β-unsaturated/α-hetero) is 1. The van der Waals surface area contributed by atoms with E-state index in [1.807, 2.05) is 13.8 Å². The first-order valence-electron chi connectivity index (χ1n) is 6.49. The molecule has 1 aliphatic rings. The smallest absolute Gasteiger partial charge is 0.191 e. The molecule has 0 spiro atoms. The molecular formula is C14H17N3O4. The molecule has 1 unspecified atom stereocenters. The van der Waals surface area contributed by atoms with Crippen LogP contribution in [0.4, 0.5) is 11.4 Å². The molecule has 1 aromatic carbocycles. The van der Waals surface area contributed by atoms with E-state index in [0.29, 0.717) is 6.42 Å². The maximum absolute atomic E-state index is 12.0. The molecule has 1 atom stereocenters. The van der Waals surface area contributed by atoms with Crippen LogP contribution in [0.25, 0.3) is 0 Å². The molecule has 112 valence electrons. The van der Waals surface area contributed by atoms with Crippen molar-refractivity contribution in [2.75, 3.05) is 0 Å². The molecule has 0 saturated carbocycles. The lowest BCUT2D eigenvalue weighted by Gasteiger charge is -2.27. The molecule has 0 heterocycles. The summed E-state index contributed by atoms with van der Waals surface area (Å²) in [5.41, 5.74) is -0.263. The van der Waals surface area contributed by atoms with E-state index >= 15 is 0 Å². The number of para-hydroxylation sites is 1. The number of rotatable bonds is 3. The predicted molar refractivity (Wildman–Crippen MR) is 74.4 cm³/mol. The number of aliphatic hydroxyl groups is 1. The van der Waals surface area contributed by atoms with Gasteiger partial charge in [0.2, 0.25) is 0 Å². The van der Waals surface area contributed by atoms with Crippen LogP contribution in [-0.4, -0.2) is 16.1 Å². The summed E-state index contributed by atoms with van der Waals surface area (Å²) in [5.74, 6) is -0.395. The summed E-state index contributed by atoms with van der Waals surface area (Å²) in [7, 11) is 0. The number of quaternary nitrogens is 1. The number of hydrogen-bond donors (Lipinski definition) is 3. The molecule has 7 heteroatoms. The maximum Gasteiger partial charge on any atom is 0.191 e. The largest absolute Gasteiger partial charge is 0.595 e. The van der Waals surface area contributed by atoms with Gasteiger partial charge in [-0.25, -0.2) is 5.21 Å². The van der Waals surface area contributed by atoms with Gasteiger partial charge in [0.1, 0.15) is 11.4 Å². The van der Waals surface area contributed by atoms with Crippen molar-refractivity contribution in [2.24, 2.45) is 15.6 Å². The second-order valence-corrected chi connectivity index (χ2v) is 5.76. The number of hydrogen-bond acceptors (Lipinski definition) is 6. The molecule has 1 aliphatic carbocycles. The van der Waals surface area contributed by atoms with Gasteiger partial charge >= 0.3 is 0 Å². The van der Waals surface area contributed by atoms with Crippen LogP contribution in [0.1, 0.15) is 26.7 Å². The Morgan fingerprint density at radius 2 is 1.90 bits per heavy atom. The Hall–Kier alpha value is -2.09. The molecule has 1 aromatic rings. The number of azo groups is 1. The van der Waals surface area contributed by atoms with E-state index in [9.17, 15) is 15.1 Å². The van der Waals surface area contributed by atoms with Crippen LogP contribution in [0, 0.1) is 10.6 Å². The molecule has 2 rings (SSSR count). The second kappa shape index (κ2) is 5.72. The van der Waals surface area contributed by atoms with Crippen LogP contribution < -0.4 is 5.23 Å². The average Bonchev–Trinajstić information content (AvgIpc) is 2.36. The van der Waals surface area contributed by atoms with Gasteiger partial charge in [0.25, 0.3) is 0 Å². The number of nitrogens with zero attached hydrogens (tertiary/aromatic N) is 2. The number of carbonyl (C=O) groups excluding carboxylic acids is 1. The van der Waals surface area contributed by atoms with E-state index in [4.69, 9.17) is 5.21 Å². The highest BCUT2D eigenvalue weighted by Gasteiger charge is 2.33. The standard InChI is InChI=1S/C14H17N3O4/c1-14(2)7-11(18)13(12(19)8-14)16-15-9-5-3-4-6-10(9)17(20)21/h3-6,17-18,20H,7-8H2,1-2H3. The van der Waals surface area contributed by atoms with E-state index in [1.165, 1.54) is 12.1 Å². The van der Waals surface area contributed by atoms with Crippen molar-refractivity contribution in [1.29, 1.82) is 0 Å². The van der Waals surface area contributed by atoms with Gasteiger partial charge in [-0.05, 0) is 11.5 Å². The highest BCUT2D eigenvalue weighted by Crippen LogP contribution is 2.36.